The Hall–Kier alpha value is -1.36. The van der Waals surface area contributed by atoms with Crippen LogP contribution in [0.1, 0.15) is 26.7 Å². The predicted octanol–water partition coefficient (Wildman–Crippen LogP) is 2.10. The maximum Gasteiger partial charge on any atom is 0.225 e. The third-order valence-electron chi connectivity index (χ3n) is 2.08. The van der Waals surface area contributed by atoms with Crippen molar-refractivity contribution in [1.29, 1.82) is 0 Å². The molecule has 0 saturated carbocycles. The van der Waals surface area contributed by atoms with Crippen LogP contribution in [0.4, 0.5) is 5.95 Å². The molecule has 0 bridgehead atoms. The predicted molar refractivity (Wildman–Crippen MR) is 67.4 cm³/mol. The molecule has 0 aromatic carbocycles. The van der Waals surface area contributed by atoms with E-state index < -0.39 is 0 Å². The van der Waals surface area contributed by atoms with Gasteiger partial charge in [0, 0.05) is 25.4 Å². The van der Waals surface area contributed by atoms with E-state index in [-0.39, 0.29) is 0 Å². The van der Waals surface area contributed by atoms with Gasteiger partial charge >= 0.3 is 0 Å². The SMILES string of the molecule is CCCCOCCOc1ccnc(NCC)n1. The standard InChI is InChI=1S/C12H21N3O2/c1-3-5-8-16-9-10-17-11-6-7-14-12(15-11)13-4-2/h6-7H,3-5,8-10H2,1-2H3,(H,13,14,15). The Morgan fingerprint density at radius 3 is 2.88 bits per heavy atom. The lowest BCUT2D eigenvalue weighted by Crippen LogP contribution is -2.09. The number of hydrogen-bond donors (Lipinski definition) is 1. The highest BCUT2D eigenvalue weighted by molar-refractivity contribution is 5.26. The normalized spacial score (nSPS) is 10.2. The number of nitrogens with one attached hydrogen (secondary N) is 1. The summed E-state index contributed by atoms with van der Waals surface area (Å²) >= 11 is 0. The summed E-state index contributed by atoms with van der Waals surface area (Å²) in [6.45, 7) is 6.85. The molecule has 0 fully saturated rings. The van der Waals surface area contributed by atoms with E-state index in [1.807, 2.05) is 6.92 Å². The van der Waals surface area contributed by atoms with Crippen molar-refractivity contribution >= 4 is 5.95 Å². The summed E-state index contributed by atoms with van der Waals surface area (Å²) in [5.74, 6) is 1.17. The number of anilines is 1. The average molecular weight is 239 g/mol. The van der Waals surface area contributed by atoms with Crippen LogP contribution in [0.2, 0.25) is 0 Å². The molecule has 1 heterocycles. The molecule has 0 spiro atoms. The molecule has 0 aliphatic carbocycles. The zero-order chi connectivity index (χ0) is 12.3. The summed E-state index contributed by atoms with van der Waals surface area (Å²) < 4.78 is 10.8. The molecule has 0 atom stereocenters. The summed E-state index contributed by atoms with van der Waals surface area (Å²) in [5, 5.41) is 3.03. The van der Waals surface area contributed by atoms with E-state index in [1.54, 1.807) is 12.3 Å². The van der Waals surface area contributed by atoms with Crippen LogP contribution in [-0.2, 0) is 4.74 Å². The molecule has 0 unspecified atom stereocenters. The van der Waals surface area contributed by atoms with Crippen molar-refractivity contribution in [3.05, 3.63) is 12.3 Å². The molecular weight excluding hydrogens is 218 g/mol. The summed E-state index contributed by atoms with van der Waals surface area (Å²) in [6, 6.07) is 1.74. The third kappa shape index (κ3) is 6.06. The molecule has 0 saturated heterocycles. The first-order chi connectivity index (χ1) is 8.36. The van der Waals surface area contributed by atoms with Gasteiger partial charge in [-0.05, 0) is 13.3 Å². The molecule has 1 N–H and O–H groups in total. The fourth-order valence-corrected chi connectivity index (χ4v) is 1.22. The van der Waals surface area contributed by atoms with Gasteiger partial charge in [0.15, 0.2) is 0 Å². The van der Waals surface area contributed by atoms with Crippen LogP contribution in [0.5, 0.6) is 5.88 Å². The first kappa shape index (κ1) is 13.7. The van der Waals surface area contributed by atoms with Crippen molar-refractivity contribution in [2.24, 2.45) is 0 Å². The highest BCUT2D eigenvalue weighted by Crippen LogP contribution is 2.07. The van der Waals surface area contributed by atoms with Gasteiger partial charge in [0.05, 0.1) is 6.61 Å². The summed E-state index contributed by atoms with van der Waals surface area (Å²) in [6.07, 6.45) is 3.93. The Bertz CT molecular complexity index is 308. The van der Waals surface area contributed by atoms with Crippen LogP contribution in [0.3, 0.4) is 0 Å². The van der Waals surface area contributed by atoms with Gasteiger partial charge in [-0.1, -0.05) is 13.3 Å². The molecule has 5 nitrogen and oxygen atoms in total. The second-order valence-electron chi connectivity index (χ2n) is 3.56. The molecule has 5 heteroatoms. The Balaban J connectivity index is 2.19. The molecule has 17 heavy (non-hydrogen) atoms. The van der Waals surface area contributed by atoms with Gasteiger partial charge in [-0.15, -0.1) is 0 Å². The van der Waals surface area contributed by atoms with E-state index in [2.05, 4.69) is 22.2 Å². The summed E-state index contributed by atoms with van der Waals surface area (Å²) in [7, 11) is 0. The van der Waals surface area contributed by atoms with Crippen molar-refractivity contribution in [2.75, 3.05) is 31.7 Å². The third-order valence-corrected chi connectivity index (χ3v) is 2.08. The number of aromatic nitrogens is 2. The molecule has 1 aromatic rings. The van der Waals surface area contributed by atoms with Crippen LogP contribution >= 0.6 is 0 Å². The van der Waals surface area contributed by atoms with Crippen LogP contribution < -0.4 is 10.1 Å². The van der Waals surface area contributed by atoms with E-state index in [0.29, 0.717) is 25.0 Å². The van der Waals surface area contributed by atoms with Crippen molar-refractivity contribution in [2.45, 2.75) is 26.7 Å². The van der Waals surface area contributed by atoms with Gasteiger partial charge in [0.1, 0.15) is 6.61 Å². The number of unbranched alkanes of at least 4 members (excludes halogenated alkanes) is 1. The van der Waals surface area contributed by atoms with E-state index in [9.17, 15) is 0 Å². The lowest BCUT2D eigenvalue weighted by Gasteiger charge is -2.07. The second-order valence-corrected chi connectivity index (χ2v) is 3.56. The van der Waals surface area contributed by atoms with Crippen molar-refractivity contribution < 1.29 is 9.47 Å². The number of hydrogen-bond acceptors (Lipinski definition) is 5. The van der Waals surface area contributed by atoms with Crippen molar-refractivity contribution in [3.63, 3.8) is 0 Å². The van der Waals surface area contributed by atoms with Gasteiger partial charge in [0.2, 0.25) is 11.8 Å². The minimum Gasteiger partial charge on any atom is -0.475 e. The number of ether oxygens (including phenoxy) is 2. The van der Waals surface area contributed by atoms with Crippen molar-refractivity contribution in [3.8, 4) is 5.88 Å². The minimum absolute atomic E-state index is 0.520. The fourth-order valence-electron chi connectivity index (χ4n) is 1.22. The van der Waals surface area contributed by atoms with Crippen LogP contribution in [0, 0.1) is 0 Å². The first-order valence-electron chi connectivity index (χ1n) is 6.14. The molecule has 0 radical (unpaired) electrons. The maximum atomic E-state index is 5.46. The maximum absolute atomic E-state index is 5.46. The van der Waals surface area contributed by atoms with Gasteiger partial charge in [0.25, 0.3) is 0 Å². The monoisotopic (exact) mass is 239 g/mol. The molecule has 0 amide bonds. The van der Waals surface area contributed by atoms with Gasteiger partial charge in [-0.3, -0.25) is 0 Å². The lowest BCUT2D eigenvalue weighted by atomic mass is 10.4. The average Bonchev–Trinajstić information content (AvgIpc) is 2.35. The molecule has 0 aliphatic heterocycles. The molecule has 96 valence electrons. The van der Waals surface area contributed by atoms with Crippen LogP contribution in [-0.4, -0.2) is 36.3 Å². The number of nitrogens with zero attached hydrogens (tertiary/aromatic N) is 2. The van der Waals surface area contributed by atoms with Gasteiger partial charge in [-0.25, -0.2) is 4.98 Å². The van der Waals surface area contributed by atoms with Gasteiger partial charge < -0.3 is 14.8 Å². The van der Waals surface area contributed by atoms with Crippen LogP contribution in [0.15, 0.2) is 12.3 Å². The van der Waals surface area contributed by atoms with E-state index >= 15 is 0 Å². The number of rotatable bonds is 9. The Morgan fingerprint density at radius 2 is 2.12 bits per heavy atom. The zero-order valence-corrected chi connectivity index (χ0v) is 10.6. The van der Waals surface area contributed by atoms with Crippen LogP contribution in [0.25, 0.3) is 0 Å². The largest absolute Gasteiger partial charge is 0.475 e. The lowest BCUT2D eigenvalue weighted by molar-refractivity contribution is 0.0965. The second kappa shape index (κ2) is 8.75. The first-order valence-corrected chi connectivity index (χ1v) is 6.14. The zero-order valence-electron chi connectivity index (χ0n) is 10.6. The summed E-state index contributed by atoms with van der Waals surface area (Å²) in [4.78, 5) is 8.26. The molecule has 1 rings (SSSR count). The van der Waals surface area contributed by atoms with Crippen molar-refractivity contribution in [1.82, 2.24) is 9.97 Å². The van der Waals surface area contributed by atoms with E-state index in [4.69, 9.17) is 9.47 Å². The van der Waals surface area contributed by atoms with E-state index in [0.717, 1.165) is 26.0 Å². The molecule has 0 aliphatic rings. The Morgan fingerprint density at radius 1 is 1.24 bits per heavy atom. The Kier molecular flexibility index (Phi) is 7.06. The minimum atomic E-state index is 0.520. The van der Waals surface area contributed by atoms with Gasteiger partial charge in [-0.2, -0.15) is 4.98 Å². The molecule has 1 aromatic heterocycles. The smallest absolute Gasteiger partial charge is 0.225 e. The van der Waals surface area contributed by atoms with E-state index in [1.165, 1.54) is 0 Å². The topological polar surface area (TPSA) is 56.3 Å². The highest BCUT2D eigenvalue weighted by Gasteiger charge is 1.98. The quantitative estimate of drug-likeness (QED) is 0.669. The summed E-state index contributed by atoms with van der Waals surface area (Å²) in [5.41, 5.74) is 0. The Labute approximate surface area is 103 Å². The highest BCUT2D eigenvalue weighted by atomic mass is 16.5. The fraction of sp³-hybridized carbons (Fsp3) is 0.667. The molecular formula is C12H21N3O2.